The summed E-state index contributed by atoms with van der Waals surface area (Å²) in [5, 5.41) is 4.71. The first-order chi connectivity index (χ1) is 15.1. The number of benzene rings is 3. The molecule has 3 aromatic rings. The van der Waals surface area contributed by atoms with Crippen LogP contribution >= 0.6 is 0 Å². The molecule has 3 aromatic carbocycles. The van der Waals surface area contributed by atoms with Crippen LogP contribution in [0.25, 0.3) is 10.8 Å². The molecule has 0 saturated carbocycles. The van der Waals surface area contributed by atoms with Crippen molar-refractivity contribution >= 4 is 44.0 Å². The fourth-order valence-electron chi connectivity index (χ4n) is 4.09. The first-order valence-corrected chi connectivity index (χ1v) is 12.1. The smallest absolute Gasteiger partial charge is 0.338 e. The van der Waals surface area contributed by atoms with Gasteiger partial charge in [-0.05, 0) is 55.5 Å². The fourth-order valence-corrected chi connectivity index (χ4v) is 5.35. The molecular formula is C24H24N2O5S. The molecule has 7 nitrogen and oxygen atoms in total. The SMILES string of the molecule is CC(OC(=O)c1ccc2c(c1)CC(C)N2S(C)(=O)=O)C(=O)Nc1cccc2ccccc12. The van der Waals surface area contributed by atoms with Crippen LogP contribution in [0.15, 0.2) is 60.7 Å². The monoisotopic (exact) mass is 452 g/mol. The number of rotatable bonds is 5. The van der Waals surface area contributed by atoms with Gasteiger partial charge in [-0.1, -0.05) is 36.4 Å². The molecule has 0 saturated heterocycles. The lowest BCUT2D eigenvalue weighted by Gasteiger charge is -2.22. The second-order valence-corrected chi connectivity index (χ2v) is 9.88. The predicted molar refractivity (Wildman–Crippen MR) is 124 cm³/mol. The zero-order valence-corrected chi connectivity index (χ0v) is 18.8. The maximum Gasteiger partial charge on any atom is 0.338 e. The maximum atomic E-state index is 12.7. The van der Waals surface area contributed by atoms with Gasteiger partial charge in [-0.2, -0.15) is 0 Å². The van der Waals surface area contributed by atoms with Gasteiger partial charge < -0.3 is 10.1 Å². The number of fused-ring (bicyclic) bond motifs is 2. The van der Waals surface area contributed by atoms with Gasteiger partial charge in [0.2, 0.25) is 10.0 Å². The molecule has 0 aromatic heterocycles. The first kappa shape index (κ1) is 21.8. The summed E-state index contributed by atoms with van der Waals surface area (Å²) in [6.45, 7) is 3.33. The molecular weight excluding hydrogens is 428 g/mol. The van der Waals surface area contributed by atoms with Crippen LogP contribution in [0.4, 0.5) is 11.4 Å². The lowest BCUT2D eigenvalue weighted by molar-refractivity contribution is -0.123. The Kier molecular flexibility index (Phi) is 5.64. The molecule has 0 fully saturated rings. The number of esters is 1. The molecule has 1 heterocycles. The summed E-state index contributed by atoms with van der Waals surface area (Å²) in [6.07, 6.45) is 0.652. The number of hydrogen-bond donors (Lipinski definition) is 1. The van der Waals surface area contributed by atoms with Gasteiger partial charge in [0, 0.05) is 17.1 Å². The van der Waals surface area contributed by atoms with Crippen LogP contribution in [0.2, 0.25) is 0 Å². The highest BCUT2D eigenvalue weighted by Gasteiger charge is 2.33. The zero-order valence-electron chi connectivity index (χ0n) is 18.0. The quantitative estimate of drug-likeness (QED) is 0.596. The summed E-state index contributed by atoms with van der Waals surface area (Å²) in [5.74, 6) is -1.08. The van der Waals surface area contributed by atoms with Crippen molar-refractivity contribution in [1.82, 2.24) is 0 Å². The van der Waals surface area contributed by atoms with Gasteiger partial charge in [0.25, 0.3) is 5.91 Å². The Balaban J connectivity index is 1.47. The Bertz CT molecular complexity index is 1310. The van der Waals surface area contributed by atoms with E-state index in [2.05, 4.69) is 5.32 Å². The molecule has 1 aliphatic rings. The number of hydrogen-bond acceptors (Lipinski definition) is 5. The van der Waals surface area contributed by atoms with E-state index < -0.39 is 28.0 Å². The van der Waals surface area contributed by atoms with Crippen molar-refractivity contribution in [3.8, 4) is 0 Å². The van der Waals surface area contributed by atoms with Crippen molar-refractivity contribution in [2.75, 3.05) is 15.9 Å². The van der Waals surface area contributed by atoms with Crippen LogP contribution in [0, 0.1) is 0 Å². The zero-order chi connectivity index (χ0) is 23.0. The molecule has 166 valence electrons. The number of nitrogens with zero attached hydrogens (tertiary/aromatic N) is 1. The number of ether oxygens (including phenoxy) is 1. The normalized spacial score (nSPS) is 16.5. The van der Waals surface area contributed by atoms with Crippen molar-refractivity contribution in [3.63, 3.8) is 0 Å². The molecule has 2 unspecified atom stereocenters. The van der Waals surface area contributed by atoms with E-state index in [9.17, 15) is 18.0 Å². The highest BCUT2D eigenvalue weighted by atomic mass is 32.2. The lowest BCUT2D eigenvalue weighted by Crippen LogP contribution is -2.34. The third-order valence-corrected chi connectivity index (χ3v) is 6.80. The van der Waals surface area contributed by atoms with Gasteiger partial charge in [0.15, 0.2) is 6.10 Å². The summed E-state index contributed by atoms with van der Waals surface area (Å²) in [4.78, 5) is 25.3. The molecule has 1 aliphatic heterocycles. The minimum Gasteiger partial charge on any atom is -0.449 e. The summed E-state index contributed by atoms with van der Waals surface area (Å²) < 4.78 is 30.9. The minimum atomic E-state index is -3.41. The molecule has 0 radical (unpaired) electrons. The maximum absolute atomic E-state index is 12.7. The third-order valence-electron chi connectivity index (χ3n) is 5.53. The Morgan fingerprint density at radius 1 is 1.09 bits per heavy atom. The van der Waals surface area contributed by atoms with E-state index in [-0.39, 0.29) is 11.6 Å². The molecule has 32 heavy (non-hydrogen) atoms. The van der Waals surface area contributed by atoms with E-state index in [0.29, 0.717) is 17.8 Å². The summed E-state index contributed by atoms with van der Waals surface area (Å²) in [5.41, 5.74) is 2.24. The molecule has 2 atom stereocenters. The molecule has 4 rings (SSSR count). The van der Waals surface area contributed by atoms with Crippen LogP contribution in [0.3, 0.4) is 0 Å². The Labute approximate surface area is 187 Å². The lowest BCUT2D eigenvalue weighted by atomic mass is 10.1. The highest BCUT2D eigenvalue weighted by molar-refractivity contribution is 7.92. The number of carbonyl (C=O) groups is 2. The van der Waals surface area contributed by atoms with Crippen molar-refractivity contribution in [1.29, 1.82) is 0 Å². The standard InChI is InChI=1S/C24H24N2O5S/c1-15-13-19-14-18(11-12-22(19)26(15)32(3,29)30)24(28)31-16(2)23(27)25-21-10-6-8-17-7-4-5-9-20(17)21/h4-12,14-16H,13H2,1-3H3,(H,25,27). The van der Waals surface area contributed by atoms with Crippen molar-refractivity contribution in [3.05, 3.63) is 71.8 Å². The number of amides is 1. The summed E-state index contributed by atoms with van der Waals surface area (Å²) in [6, 6.07) is 17.8. The van der Waals surface area contributed by atoms with E-state index in [4.69, 9.17) is 4.74 Å². The first-order valence-electron chi connectivity index (χ1n) is 10.3. The van der Waals surface area contributed by atoms with Gasteiger partial charge in [0.1, 0.15) is 0 Å². The molecule has 0 aliphatic carbocycles. The molecule has 1 N–H and O–H groups in total. The largest absolute Gasteiger partial charge is 0.449 e. The number of carbonyl (C=O) groups excluding carboxylic acids is 2. The molecule has 1 amide bonds. The van der Waals surface area contributed by atoms with Gasteiger partial charge >= 0.3 is 5.97 Å². The number of nitrogens with one attached hydrogen (secondary N) is 1. The van der Waals surface area contributed by atoms with Crippen LogP contribution in [-0.4, -0.2) is 38.7 Å². The van der Waals surface area contributed by atoms with E-state index in [1.54, 1.807) is 18.2 Å². The molecule has 0 spiro atoms. The number of anilines is 2. The summed E-state index contributed by atoms with van der Waals surface area (Å²) in [7, 11) is -3.41. The van der Waals surface area contributed by atoms with Crippen LogP contribution < -0.4 is 9.62 Å². The Morgan fingerprint density at radius 3 is 2.56 bits per heavy atom. The van der Waals surface area contributed by atoms with E-state index in [1.807, 2.05) is 43.3 Å². The molecule has 0 bridgehead atoms. The van der Waals surface area contributed by atoms with Gasteiger partial charge in [0.05, 0.1) is 17.5 Å². The van der Waals surface area contributed by atoms with Crippen LogP contribution in [0.5, 0.6) is 0 Å². The highest BCUT2D eigenvalue weighted by Crippen LogP contribution is 2.35. The van der Waals surface area contributed by atoms with Gasteiger partial charge in [-0.15, -0.1) is 0 Å². The van der Waals surface area contributed by atoms with Crippen molar-refractivity contribution < 1.29 is 22.7 Å². The summed E-state index contributed by atoms with van der Waals surface area (Å²) >= 11 is 0. The van der Waals surface area contributed by atoms with Crippen molar-refractivity contribution in [2.24, 2.45) is 0 Å². The molecule has 8 heteroatoms. The topological polar surface area (TPSA) is 92.8 Å². The van der Waals surface area contributed by atoms with E-state index in [1.165, 1.54) is 17.3 Å². The average molecular weight is 453 g/mol. The van der Waals surface area contributed by atoms with E-state index >= 15 is 0 Å². The fraction of sp³-hybridized carbons (Fsp3) is 0.250. The number of sulfonamides is 1. The predicted octanol–water partition coefficient (Wildman–Crippen LogP) is 3.73. The van der Waals surface area contributed by atoms with Crippen LogP contribution in [-0.2, 0) is 26.0 Å². The van der Waals surface area contributed by atoms with Gasteiger partial charge in [-0.3, -0.25) is 9.10 Å². The Hall–Kier alpha value is -3.39. The Morgan fingerprint density at radius 2 is 1.81 bits per heavy atom. The van der Waals surface area contributed by atoms with Crippen molar-refractivity contribution in [2.45, 2.75) is 32.4 Å². The van der Waals surface area contributed by atoms with E-state index in [0.717, 1.165) is 22.6 Å². The third kappa shape index (κ3) is 4.18. The second kappa shape index (κ2) is 8.27. The second-order valence-electron chi connectivity index (χ2n) is 8.02. The van der Waals surface area contributed by atoms with Gasteiger partial charge in [-0.25, -0.2) is 13.2 Å². The van der Waals surface area contributed by atoms with Crippen LogP contribution in [0.1, 0.15) is 29.8 Å². The minimum absolute atomic E-state index is 0.225. The average Bonchev–Trinajstić information content (AvgIpc) is 3.09.